The number of ketones is 1. The Morgan fingerprint density at radius 2 is 2.05 bits per heavy atom. The number of rotatable bonds is 2. The van der Waals surface area contributed by atoms with E-state index in [-0.39, 0.29) is 10.6 Å². The zero-order chi connectivity index (χ0) is 14.3. The van der Waals surface area contributed by atoms with E-state index in [1.54, 1.807) is 6.20 Å². The first-order chi connectivity index (χ1) is 9.58. The quantitative estimate of drug-likeness (QED) is 0.692. The number of H-pyrrole nitrogens is 1. The molecule has 3 rings (SSSR count). The molecular formula is C16H11ClFNO. The van der Waals surface area contributed by atoms with Gasteiger partial charge in [-0.05, 0) is 31.2 Å². The van der Waals surface area contributed by atoms with Crippen molar-refractivity contribution in [3.8, 4) is 0 Å². The van der Waals surface area contributed by atoms with Crippen LogP contribution in [-0.2, 0) is 0 Å². The predicted molar refractivity (Wildman–Crippen MR) is 77.9 cm³/mol. The number of halogens is 2. The first-order valence-electron chi connectivity index (χ1n) is 6.14. The number of fused-ring (bicyclic) bond motifs is 1. The Kier molecular flexibility index (Phi) is 3.07. The van der Waals surface area contributed by atoms with Crippen LogP contribution in [0.1, 0.15) is 21.5 Å². The third-order valence-electron chi connectivity index (χ3n) is 3.27. The average Bonchev–Trinajstić information content (AvgIpc) is 2.81. The van der Waals surface area contributed by atoms with Gasteiger partial charge in [0.1, 0.15) is 5.82 Å². The van der Waals surface area contributed by atoms with Crippen LogP contribution in [0.3, 0.4) is 0 Å². The zero-order valence-corrected chi connectivity index (χ0v) is 11.5. The van der Waals surface area contributed by atoms with Crippen molar-refractivity contribution in [3.63, 3.8) is 0 Å². The van der Waals surface area contributed by atoms with Crippen LogP contribution in [0, 0.1) is 12.7 Å². The van der Waals surface area contributed by atoms with Crippen molar-refractivity contribution in [1.29, 1.82) is 0 Å². The Morgan fingerprint density at radius 3 is 2.80 bits per heavy atom. The number of carbonyl (C=O) groups excluding carboxylic acids is 1. The molecule has 0 bridgehead atoms. The summed E-state index contributed by atoms with van der Waals surface area (Å²) < 4.78 is 13.9. The van der Waals surface area contributed by atoms with E-state index in [2.05, 4.69) is 4.98 Å². The summed E-state index contributed by atoms with van der Waals surface area (Å²) in [6.07, 6.45) is 1.59. The molecule has 4 heteroatoms. The molecule has 3 aromatic rings. The fraction of sp³-hybridized carbons (Fsp3) is 0.0625. The van der Waals surface area contributed by atoms with Crippen LogP contribution in [0.25, 0.3) is 10.9 Å². The van der Waals surface area contributed by atoms with Crippen molar-refractivity contribution in [2.24, 2.45) is 0 Å². The highest BCUT2D eigenvalue weighted by molar-refractivity contribution is 6.35. The Labute approximate surface area is 120 Å². The molecule has 1 aromatic heterocycles. The largest absolute Gasteiger partial charge is 0.360 e. The summed E-state index contributed by atoms with van der Waals surface area (Å²) in [7, 11) is 0. The number of aromatic nitrogens is 1. The molecular weight excluding hydrogens is 277 g/mol. The van der Waals surface area contributed by atoms with Gasteiger partial charge >= 0.3 is 0 Å². The van der Waals surface area contributed by atoms with Gasteiger partial charge in [0, 0.05) is 22.7 Å². The van der Waals surface area contributed by atoms with Crippen molar-refractivity contribution in [3.05, 3.63) is 70.1 Å². The van der Waals surface area contributed by atoms with Gasteiger partial charge in [-0.25, -0.2) is 4.39 Å². The molecule has 0 radical (unpaired) electrons. The summed E-state index contributed by atoms with van der Waals surface area (Å²) in [5.41, 5.74) is 2.21. The van der Waals surface area contributed by atoms with Crippen molar-refractivity contribution < 1.29 is 9.18 Å². The second-order valence-corrected chi connectivity index (χ2v) is 5.08. The standard InChI is InChI=1S/C16H11ClFNO/c1-9-5-6-14-10(7-9)11(8-19-14)16(20)15-12(17)3-2-4-13(15)18/h2-8,19H,1H3. The monoisotopic (exact) mass is 287 g/mol. The van der Waals surface area contributed by atoms with Gasteiger partial charge in [-0.15, -0.1) is 0 Å². The van der Waals surface area contributed by atoms with Gasteiger partial charge in [0.2, 0.25) is 0 Å². The second kappa shape index (κ2) is 4.76. The van der Waals surface area contributed by atoms with E-state index in [9.17, 15) is 9.18 Å². The summed E-state index contributed by atoms with van der Waals surface area (Å²) in [5, 5.41) is 0.895. The third kappa shape index (κ3) is 2.00. The van der Waals surface area contributed by atoms with E-state index in [1.165, 1.54) is 18.2 Å². The van der Waals surface area contributed by atoms with Crippen LogP contribution in [0.4, 0.5) is 4.39 Å². The number of carbonyl (C=O) groups is 1. The van der Waals surface area contributed by atoms with E-state index < -0.39 is 11.6 Å². The maximum absolute atomic E-state index is 13.9. The fourth-order valence-electron chi connectivity index (χ4n) is 2.27. The number of aromatic amines is 1. The molecule has 0 amide bonds. The maximum Gasteiger partial charge on any atom is 0.199 e. The highest BCUT2D eigenvalue weighted by Crippen LogP contribution is 2.27. The van der Waals surface area contributed by atoms with E-state index in [0.717, 1.165) is 16.5 Å². The molecule has 0 aliphatic carbocycles. The molecule has 0 atom stereocenters. The van der Waals surface area contributed by atoms with Gasteiger partial charge in [-0.1, -0.05) is 29.3 Å². The molecule has 0 saturated heterocycles. The Hall–Kier alpha value is -2.13. The van der Waals surface area contributed by atoms with Crippen LogP contribution in [0.2, 0.25) is 5.02 Å². The maximum atomic E-state index is 13.9. The lowest BCUT2D eigenvalue weighted by atomic mass is 10.0. The first-order valence-corrected chi connectivity index (χ1v) is 6.52. The number of hydrogen-bond acceptors (Lipinski definition) is 1. The topological polar surface area (TPSA) is 32.9 Å². The number of benzene rings is 2. The predicted octanol–water partition coefficient (Wildman–Crippen LogP) is 4.50. The molecule has 0 fully saturated rings. The highest BCUT2D eigenvalue weighted by atomic mass is 35.5. The van der Waals surface area contributed by atoms with Gasteiger partial charge in [-0.3, -0.25) is 4.79 Å². The van der Waals surface area contributed by atoms with Gasteiger partial charge in [0.15, 0.2) is 5.78 Å². The SMILES string of the molecule is Cc1ccc2[nH]cc(C(=O)c3c(F)cccc3Cl)c2c1. The van der Waals surface area contributed by atoms with Crippen molar-refractivity contribution >= 4 is 28.3 Å². The first kappa shape index (κ1) is 12.9. The van der Waals surface area contributed by atoms with E-state index in [0.29, 0.717) is 5.56 Å². The fourth-order valence-corrected chi connectivity index (χ4v) is 2.52. The van der Waals surface area contributed by atoms with Crippen molar-refractivity contribution in [1.82, 2.24) is 4.98 Å². The lowest BCUT2D eigenvalue weighted by Gasteiger charge is -2.04. The molecule has 2 aromatic carbocycles. The van der Waals surface area contributed by atoms with E-state index >= 15 is 0 Å². The Morgan fingerprint density at radius 1 is 1.25 bits per heavy atom. The molecule has 20 heavy (non-hydrogen) atoms. The number of aryl methyl sites for hydroxylation is 1. The second-order valence-electron chi connectivity index (χ2n) is 4.68. The molecule has 0 spiro atoms. The minimum Gasteiger partial charge on any atom is -0.360 e. The zero-order valence-electron chi connectivity index (χ0n) is 10.7. The van der Waals surface area contributed by atoms with Gasteiger partial charge in [0.05, 0.1) is 10.6 Å². The van der Waals surface area contributed by atoms with Crippen molar-refractivity contribution in [2.45, 2.75) is 6.92 Å². The molecule has 0 aliphatic rings. The molecule has 1 heterocycles. The lowest BCUT2D eigenvalue weighted by molar-refractivity contribution is 0.103. The smallest absolute Gasteiger partial charge is 0.199 e. The van der Waals surface area contributed by atoms with Crippen molar-refractivity contribution in [2.75, 3.05) is 0 Å². The number of hydrogen-bond donors (Lipinski definition) is 1. The minimum atomic E-state index is -0.607. The van der Waals surface area contributed by atoms with Crippen LogP contribution in [0.15, 0.2) is 42.6 Å². The van der Waals surface area contributed by atoms with Crippen LogP contribution in [-0.4, -0.2) is 10.8 Å². The van der Waals surface area contributed by atoms with Crippen LogP contribution >= 0.6 is 11.6 Å². The van der Waals surface area contributed by atoms with E-state index in [4.69, 9.17) is 11.6 Å². The lowest BCUT2D eigenvalue weighted by Crippen LogP contribution is -2.04. The molecule has 0 unspecified atom stereocenters. The van der Waals surface area contributed by atoms with Gasteiger partial charge < -0.3 is 4.98 Å². The summed E-state index contributed by atoms with van der Waals surface area (Å²) in [5.74, 6) is -1.02. The van der Waals surface area contributed by atoms with Gasteiger partial charge in [-0.2, -0.15) is 0 Å². The molecule has 1 N–H and O–H groups in total. The summed E-state index contributed by atoms with van der Waals surface area (Å²) in [6.45, 7) is 1.94. The van der Waals surface area contributed by atoms with Gasteiger partial charge in [0.25, 0.3) is 0 Å². The molecule has 0 aliphatic heterocycles. The molecule has 2 nitrogen and oxygen atoms in total. The average molecular weight is 288 g/mol. The normalized spacial score (nSPS) is 10.9. The van der Waals surface area contributed by atoms with E-state index in [1.807, 2.05) is 25.1 Å². The summed E-state index contributed by atoms with van der Waals surface area (Å²) in [4.78, 5) is 15.5. The third-order valence-corrected chi connectivity index (χ3v) is 3.59. The van der Waals surface area contributed by atoms with Crippen LogP contribution in [0.5, 0.6) is 0 Å². The minimum absolute atomic E-state index is 0.0865. The molecule has 0 saturated carbocycles. The number of nitrogens with one attached hydrogen (secondary N) is 1. The Balaban J connectivity index is 2.21. The molecule has 100 valence electrons. The van der Waals surface area contributed by atoms with Crippen LogP contribution < -0.4 is 0 Å². The summed E-state index contributed by atoms with van der Waals surface area (Å²) >= 11 is 5.95. The highest BCUT2D eigenvalue weighted by Gasteiger charge is 2.20. The Bertz CT molecular complexity index is 802. The summed E-state index contributed by atoms with van der Waals surface area (Å²) in [6, 6.07) is 9.96.